The molecule has 3 rings (SSSR count). The van der Waals surface area contributed by atoms with Gasteiger partial charge in [0.05, 0.1) is 16.8 Å². The van der Waals surface area contributed by atoms with Gasteiger partial charge in [0.15, 0.2) is 0 Å². The minimum absolute atomic E-state index is 0.162. The van der Waals surface area contributed by atoms with Gasteiger partial charge in [0.25, 0.3) is 0 Å². The highest BCUT2D eigenvalue weighted by Crippen LogP contribution is 2.28. The van der Waals surface area contributed by atoms with E-state index < -0.39 is 5.97 Å². The van der Waals surface area contributed by atoms with Gasteiger partial charge in [-0.05, 0) is 61.4 Å². The van der Waals surface area contributed by atoms with E-state index in [9.17, 15) is 15.0 Å². The maximum atomic E-state index is 11.6. The van der Waals surface area contributed by atoms with Crippen LogP contribution in [0.25, 0.3) is 22.2 Å². The van der Waals surface area contributed by atoms with Crippen molar-refractivity contribution < 1.29 is 15.0 Å². The molecule has 0 saturated heterocycles. The van der Waals surface area contributed by atoms with E-state index in [4.69, 9.17) is 0 Å². The van der Waals surface area contributed by atoms with Crippen LogP contribution in [0.2, 0.25) is 0 Å². The van der Waals surface area contributed by atoms with E-state index in [0.29, 0.717) is 16.6 Å². The van der Waals surface area contributed by atoms with Gasteiger partial charge in [-0.1, -0.05) is 6.07 Å². The van der Waals surface area contributed by atoms with E-state index in [1.165, 1.54) is 0 Å². The van der Waals surface area contributed by atoms with Gasteiger partial charge in [0.1, 0.15) is 5.75 Å². The summed E-state index contributed by atoms with van der Waals surface area (Å²) in [5, 5.41) is 19.6. The second kappa shape index (κ2) is 5.15. The smallest absolute Gasteiger partial charge is 0.336 e. The Labute approximate surface area is 127 Å². The molecule has 3 aromatic rings. The number of aromatic carboxylic acids is 1. The molecule has 0 radical (unpaired) electrons. The van der Waals surface area contributed by atoms with E-state index in [0.717, 1.165) is 16.7 Å². The van der Waals surface area contributed by atoms with Crippen LogP contribution in [0.15, 0.2) is 42.5 Å². The van der Waals surface area contributed by atoms with Crippen LogP contribution in [0.3, 0.4) is 0 Å². The third-order valence-electron chi connectivity index (χ3n) is 3.64. The second-order valence-electron chi connectivity index (χ2n) is 5.38. The van der Waals surface area contributed by atoms with Crippen molar-refractivity contribution in [2.45, 2.75) is 13.8 Å². The number of aryl methyl sites for hydroxylation is 2. The molecule has 0 aliphatic carbocycles. The van der Waals surface area contributed by atoms with Gasteiger partial charge >= 0.3 is 5.97 Å². The zero-order valence-electron chi connectivity index (χ0n) is 12.3. The number of benzene rings is 2. The topological polar surface area (TPSA) is 70.4 Å². The molecule has 1 aromatic heterocycles. The molecule has 110 valence electrons. The van der Waals surface area contributed by atoms with Crippen LogP contribution in [0.1, 0.15) is 21.5 Å². The fraction of sp³-hybridized carbons (Fsp3) is 0.111. The van der Waals surface area contributed by atoms with Crippen molar-refractivity contribution in [3.63, 3.8) is 0 Å². The van der Waals surface area contributed by atoms with Crippen molar-refractivity contribution in [3.8, 4) is 17.0 Å². The number of aromatic nitrogens is 1. The summed E-state index contributed by atoms with van der Waals surface area (Å²) in [4.78, 5) is 16.2. The van der Waals surface area contributed by atoms with Crippen LogP contribution in [-0.4, -0.2) is 21.2 Å². The monoisotopic (exact) mass is 293 g/mol. The lowest BCUT2D eigenvalue weighted by Crippen LogP contribution is -2.02. The predicted molar refractivity (Wildman–Crippen MR) is 85.3 cm³/mol. The first kappa shape index (κ1) is 14.1. The van der Waals surface area contributed by atoms with Crippen LogP contribution >= 0.6 is 0 Å². The summed E-state index contributed by atoms with van der Waals surface area (Å²) in [6.45, 7) is 3.85. The quantitative estimate of drug-likeness (QED) is 0.751. The number of aromatic hydroxyl groups is 1. The number of pyridine rings is 1. The molecule has 0 amide bonds. The third-order valence-corrected chi connectivity index (χ3v) is 3.64. The van der Waals surface area contributed by atoms with Gasteiger partial charge in [-0.25, -0.2) is 9.78 Å². The molecule has 4 nitrogen and oxygen atoms in total. The van der Waals surface area contributed by atoms with Gasteiger partial charge < -0.3 is 10.2 Å². The van der Waals surface area contributed by atoms with E-state index in [1.807, 2.05) is 26.0 Å². The summed E-state index contributed by atoms with van der Waals surface area (Å²) >= 11 is 0. The number of carboxylic acid groups (broad SMARTS) is 1. The number of carboxylic acids is 1. The van der Waals surface area contributed by atoms with Crippen molar-refractivity contribution in [2.75, 3.05) is 0 Å². The highest BCUT2D eigenvalue weighted by molar-refractivity contribution is 6.05. The summed E-state index contributed by atoms with van der Waals surface area (Å²) in [6.07, 6.45) is 0. The first-order valence-corrected chi connectivity index (χ1v) is 6.90. The summed E-state index contributed by atoms with van der Waals surface area (Å²) in [5.74, 6) is -0.811. The predicted octanol–water partition coefficient (Wildman–Crippen LogP) is 3.92. The summed E-state index contributed by atoms with van der Waals surface area (Å²) in [6, 6.07) is 12.0. The number of phenols is 1. The number of hydrogen-bond donors (Lipinski definition) is 2. The zero-order chi connectivity index (χ0) is 15.9. The Kier molecular flexibility index (Phi) is 3.29. The minimum atomic E-state index is -0.973. The van der Waals surface area contributed by atoms with Gasteiger partial charge in [0.2, 0.25) is 0 Å². The Morgan fingerprint density at radius 3 is 2.36 bits per heavy atom. The Balaban J connectivity index is 2.34. The molecule has 2 aromatic carbocycles. The largest absolute Gasteiger partial charge is 0.508 e. The Bertz CT molecular complexity index is 883. The maximum absolute atomic E-state index is 11.6. The second-order valence-corrected chi connectivity index (χ2v) is 5.38. The van der Waals surface area contributed by atoms with Gasteiger partial charge in [-0.3, -0.25) is 0 Å². The SMILES string of the molecule is Cc1cc(C)c2c(C(=O)O)cc(-c3ccc(O)cc3)nc2c1. The van der Waals surface area contributed by atoms with Crippen LogP contribution in [0.5, 0.6) is 5.75 Å². The first-order valence-electron chi connectivity index (χ1n) is 6.90. The van der Waals surface area contributed by atoms with Gasteiger partial charge in [-0.15, -0.1) is 0 Å². The molecule has 4 heteroatoms. The molecule has 0 aliphatic rings. The number of hydrogen-bond acceptors (Lipinski definition) is 3. The van der Waals surface area contributed by atoms with Crippen molar-refractivity contribution in [1.29, 1.82) is 0 Å². The summed E-state index contributed by atoms with van der Waals surface area (Å²) in [5.41, 5.74) is 4.19. The highest BCUT2D eigenvalue weighted by atomic mass is 16.4. The summed E-state index contributed by atoms with van der Waals surface area (Å²) < 4.78 is 0. The molecular formula is C18H15NO3. The standard InChI is InChI=1S/C18H15NO3/c1-10-7-11(2)17-14(18(21)22)9-15(19-16(17)8-10)12-3-5-13(20)6-4-12/h3-9,20H,1-2H3,(H,21,22). The molecule has 0 saturated carbocycles. The highest BCUT2D eigenvalue weighted by Gasteiger charge is 2.15. The van der Waals surface area contributed by atoms with E-state index in [2.05, 4.69) is 4.98 Å². The third kappa shape index (κ3) is 2.39. The number of rotatable bonds is 2. The van der Waals surface area contributed by atoms with E-state index in [1.54, 1.807) is 30.3 Å². The molecule has 22 heavy (non-hydrogen) atoms. The molecule has 0 spiro atoms. The molecule has 0 fully saturated rings. The average Bonchev–Trinajstić information content (AvgIpc) is 2.46. The molecule has 2 N–H and O–H groups in total. The normalized spacial score (nSPS) is 10.8. The van der Waals surface area contributed by atoms with Gasteiger partial charge in [0, 0.05) is 10.9 Å². The van der Waals surface area contributed by atoms with Gasteiger partial charge in [-0.2, -0.15) is 0 Å². The molecule has 0 aliphatic heterocycles. The Morgan fingerprint density at radius 1 is 1.05 bits per heavy atom. The van der Waals surface area contributed by atoms with Crippen molar-refractivity contribution in [1.82, 2.24) is 4.98 Å². The maximum Gasteiger partial charge on any atom is 0.336 e. The minimum Gasteiger partial charge on any atom is -0.508 e. The van der Waals surface area contributed by atoms with Crippen LogP contribution in [0, 0.1) is 13.8 Å². The van der Waals surface area contributed by atoms with Crippen LogP contribution in [0.4, 0.5) is 0 Å². The van der Waals surface area contributed by atoms with Crippen LogP contribution < -0.4 is 0 Å². The van der Waals surface area contributed by atoms with E-state index in [-0.39, 0.29) is 11.3 Å². The van der Waals surface area contributed by atoms with Crippen molar-refractivity contribution in [2.24, 2.45) is 0 Å². The molecular weight excluding hydrogens is 278 g/mol. The van der Waals surface area contributed by atoms with Crippen molar-refractivity contribution in [3.05, 3.63) is 59.2 Å². The Hall–Kier alpha value is -2.88. The summed E-state index contributed by atoms with van der Waals surface area (Å²) in [7, 11) is 0. The molecule has 1 heterocycles. The van der Waals surface area contributed by atoms with Crippen molar-refractivity contribution >= 4 is 16.9 Å². The lowest BCUT2D eigenvalue weighted by molar-refractivity contribution is 0.0699. The average molecular weight is 293 g/mol. The first-order chi connectivity index (χ1) is 10.5. The zero-order valence-corrected chi connectivity index (χ0v) is 12.3. The lowest BCUT2D eigenvalue weighted by atomic mass is 9.99. The lowest BCUT2D eigenvalue weighted by Gasteiger charge is -2.10. The fourth-order valence-electron chi connectivity index (χ4n) is 2.70. The fourth-order valence-corrected chi connectivity index (χ4v) is 2.70. The number of fused-ring (bicyclic) bond motifs is 1. The Morgan fingerprint density at radius 2 is 1.73 bits per heavy atom. The number of phenolic OH excluding ortho intramolecular Hbond substituents is 1. The molecule has 0 unspecified atom stereocenters. The number of carbonyl (C=O) groups is 1. The van der Waals surface area contributed by atoms with E-state index >= 15 is 0 Å². The van der Waals surface area contributed by atoms with Crippen LogP contribution in [-0.2, 0) is 0 Å². The molecule has 0 atom stereocenters. The number of nitrogens with zero attached hydrogens (tertiary/aromatic N) is 1. The molecule has 0 bridgehead atoms.